The summed E-state index contributed by atoms with van der Waals surface area (Å²) in [6.07, 6.45) is 0.952. The summed E-state index contributed by atoms with van der Waals surface area (Å²) in [6.45, 7) is 12.6. The minimum Gasteiger partial charge on any atom is -0.504 e. The fourth-order valence-corrected chi connectivity index (χ4v) is 0.961. The molecule has 0 amide bonds. The van der Waals surface area contributed by atoms with Gasteiger partial charge in [-0.2, -0.15) is 0 Å². The van der Waals surface area contributed by atoms with Crippen molar-refractivity contribution in [1.29, 1.82) is 0 Å². The minimum atomic E-state index is 0.225. The Hall–Kier alpha value is -1.18. The van der Waals surface area contributed by atoms with E-state index in [4.69, 9.17) is 4.74 Å². The highest BCUT2D eigenvalue weighted by Crippen LogP contribution is 2.26. The molecule has 0 heterocycles. The van der Waals surface area contributed by atoms with Gasteiger partial charge in [-0.25, -0.2) is 0 Å². The number of rotatable bonds is 3. The standard InChI is InChI=1S/C10H14O2.2C2H6/c1-3-6-12-10-5-4-8(2)7-9(10)11;2*1-2/h4-5,7,11H,3,6H2,1-2H3;2*1-2H3. The zero-order chi connectivity index (χ0) is 13.0. The van der Waals surface area contributed by atoms with E-state index in [0.717, 1.165) is 12.0 Å². The predicted molar refractivity (Wildman–Crippen MR) is 71.3 cm³/mol. The van der Waals surface area contributed by atoms with Crippen molar-refractivity contribution in [3.63, 3.8) is 0 Å². The average Bonchev–Trinajstić information content (AvgIpc) is 2.33. The van der Waals surface area contributed by atoms with Gasteiger partial charge < -0.3 is 9.84 Å². The quantitative estimate of drug-likeness (QED) is 0.819. The molecule has 16 heavy (non-hydrogen) atoms. The van der Waals surface area contributed by atoms with Gasteiger partial charge in [-0.15, -0.1) is 0 Å². The third kappa shape index (κ3) is 7.16. The summed E-state index contributed by atoms with van der Waals surface area (Å²) in [7, 11) is 0. The van der Waals surface area contributed by atoms with Crippen LogP contribution in [0.3, 0.4) is 0 Å². The largest absolute Gasteiger partial charge is 0.504 e. The lowest BCUT2D eigenvalue weighted by Crippen LogP contribution is -1.94. The van der Waals surface area contributed by atoms with Crippen molar-refractivity contribution in [2.45, 2.75) is 48.0 Å². The number of aryl methyl sites for hydroxylation is 1. The summed E-state index contributed by atoms with van der Waals surface area (Å²) in [4.78, 5) is 0. The van der Waals surface area contributed by atoms with Gasteiger partial charge in [0.25, 0.3) is 0 Å². The van der Waals surface area contributed by atoms with E-state index in [2.05, 4.69) is 0 Å². The summed E-state index contributed by atoms with van der Waals surface area (Å²) in [5, 5.41) is 9.39. The van der Waals surface area contributed by atoms with Crippen molar-refractivity contribution in [2.24, 2.45) is 0 Å². The van der Waals surface area contributed by atoms with Gasteiger partial charge in [0.2, 0.25) is 0 Å². The normalized spacial score (nSPS) is 8.12. The maximum atomic E-state index is 9.39. The van der Waals surface area contributed by atoms with E-state index in [9.17, 15) is 5.11 Å². The molecule has 2 nitrogen and oxygen atoms in total. The molecule has 0 unspecified atom stereocenters. The Labute approximate surface area is 100 Å². The Morgan fingerprint density at radius 3 is 2.12 bits per heavy atom. The van der Waals surface area contributed by atoms with E-state index in [1.165, 1.54) is 0 Å². The maximum Gasteiger partial charge on any atom is 0.160 e. The molecule has 0 radical (unpaired) electrons. The van der Waals surface area contributed by atoms with E-state index in [1.807, 2.05) is 47.6 Å². The molecule has 0 spiro atoms. The van der Waals surface area contributed by atoms with Crippen molar-refractivity contribution in [1.82, 2.24) is 0 Å². The van der Waals surface area contributed by atoms with Crippen LogP contribution in [0, 0.1) is 6.92 Å². The number of ether oxygens (including phenoxy) is 1. The second-order valence-electron chi connectivity index (χ2n) is 2.82. The predicted octanol–water partition coefficient (Wildman–Crippen LogP) is 4.54. The molecular formula is C14H26O2. The van der Waals surface area contributed by atoms with Crippen LogP contribution in [0.1, 0.15) is 46.6 Å². The SMILES string of the molecule is CC.CC.CCCOc1ccc(C)cc1O. The van der Waals surface area contributed by atoms with Gasteiger partial charge in [0.15, 0.2) is 11.5 Å². The first-order valence-electron chi connectivity index (χ1n) is 6.16. The summed E-state index contributed by atoms with van der Waals surface area (Å²) in [5.41, 5.74) is 1.04. The summed E-state index contributed by atoms with van der Waals surface area (Å²) in [6, 6.07) is 5.41. The lowest BCUT2D eigenvalue weighted by Gasteiger charge is -2.06. The zero-order valence-electron chi connectivity index (χ0n) is 11.5. The second-order valence-corrected chi connectivity index (χ2v) is 2.82. The molecule has 1 aromatic carbocycles. The van der Waals surface area contributed by atoms with Crippen LogP contribution in [0.5, 0.6) is 11.5 Å². The Kier molecular flexibility index (Phi) is 12.8. The molecule has 0 aromatic heterocycles. The molecule has 0 fully saturated rings. The molecule has 0 aliphatic heterocycles. The number of phenols is 1. The van der Waals surface area contributed by atoms with Crippen molar-refractivity contribution in [3.8, 4) is 11.5 Å². The van der Waals surface area contributed by atoms with Crippen molar-refractivity contribution >= 4 is 0 Å². The number of hydrogen-bond acceptors (Lipinski definition) is 2. The van der Waals surface area contributed by atoms with E-state index in [1.54, 1.807) is 12.1 Å². The van der Waals surface area contributed by atoms with Gasteiger partial charge in [-0.1, -0.05) is 40.7 Å². The zero-order valence-corrected chi connectivity index (χ0v) is 11.5. The maximum absolute atomic E-state index is 9.39. The van der Waals surface area contributed by atoms with Gasteiger partial charge in [0.05, 0.1) is 6.61 Å². The highest BCUT2D eigenvalue weighted by atomic mass is 16.5. The molecule has 0 aliphatic carbocycles. The van der Waals surface area contributed by atoms with Crippen LogP contribution >= 0.6 is 0 Å². The topological polar surface area (TPSA) is 29.5 Å². The molecule has 0 aliphatic rings. The summed E-state index contributed by atoms with van der Waals surface area (Å²) >= 11 is 0. The Morgan fingerprint density at radius 1 is 1.12 bits per heavy atom. The Morgan fingerprint density at radius 2 is 1.69 bits per heavy atom. The molecular weight excluding hydrogens is 200 g/mol. The van der Waals surface area contributed by atoms with Crippen LogP contribution in [0.2, 0.25) is 0 Å². The van der Waals surface area contributed by atoms with Crippen LogP contribution in [0.25, 0.3) is 0 Å². The van der Waals surface area contributed by atoms with E-state index in [0.29, 0.717) is 12.4 Å². The van der Waals surface area contributed by atoms with Crippen LogP contribution in [-0.2, 0) is 0 Å². The van der Waals surface area contributed by atoms with Gasteiger partial charge in [0, 0.05) is 0 Å². The van der Waals surface area contributed by atoms with E-state index in [-0.39, 0.29) is 5.75 Å². The van der Waals surface area contributed by atoms with E-state index >= 15 is 0 Å². The number of benzene rings is 1. The molecule has 0 atom stereocenters. The molecule has 94 valence electrons. The molecule has 2 heteroatoms. The molecule has 1 aromatic rings. The number of aromatic hydroxyl groups is 1. The van der Waals surface area contributed by atoms with Crippen molar-refractivity contribution in [2.75, 3.05) is 6.61 Å². The van der Waals surface area contributed by atoms with Crippen LogP contribution in [0.15, 0.2) is 18.2 Å². The van der Waals surface area contributed by atoms with Gasteiger partial charge in [-0.05, 0) is 31.0 Å². The van der Waals surface area contributed by atoms with Gasteiger partial charge >= 0.3 is 0 Å². The Balaban J connectivity index is 0. The molecule has 0 saturated heterocycles. The monoisotopic (exact) mass is 226 g/mol. The molecule has 0 saturated carbocycles. The second kappa shape index (κ2) is 11.9. The van der Waals surface area contributed by atoms with Crippen LogP contribution < -0.4 is 4.74 Å². The highest BCUT2D eigenvalue weighted by molar-refractivity contribution is 5.41. The third-order valence-corrected chi connectivity index (χ3v) is 1.58. The third-order valence-electron chi connectivity index (χ3n) is 1.58. The molecule has 1 rings (SSSR count). The van der Waals surface area contributed by atoms with Crippen molar-refractivity contribution < 1.29 is 9.84 Å². The summed E-state index contributed by atoms with van der Waals surface area (Å²) < 4.78 is 5.29. The fourth-order valence-electron chi connectivity index (χ4n) is 0.961. The van der Waals surface area contributed by atoms with Crippen LogP contribution in [0.4, 0.5) is 0 Å². The summed E-state index contributed by atoms with van der Waals surface area (Å²) in [5.74, 6) is 0.797. The Bertz CT molecular complexity index is 257. The first kappa shape index (κ1) is 17.2. The highest BCUT2D eigenvalue weighted by Gasteiger charge is 2.00. The average molecular weight is 226 g/mol. The smallest absolute Gasteiger partial charge is 0.160 e. The first-order valence-corrected chi connectivity index (χ1v) is 6.16. The van der Waals surface area contributed by atoms with Gasteiger partial charge in [-0.3, -0.25) is 0 Å². The number of hydrogen-bond donors (Lipinski definition) is 1. The molecule has 1 N–H and O–H groups in total. The van der Waals surface area contributed by atoms with Crippen molar-refractivity contribution in [3.05, 3.63) is 23.8 Å². The molecule has 0 bridgehead atoms. The minimum absolute atomic E-state index is 0.225. The first-order chi connectivity index (χ1) is 7.74. The lowest BCUT2D eigenvalue weighted by atomic mass is 10.2. The fraction of sp³-hybridized carbons (Fsp3) is 0.571. The van der Waals surface area contributed by atoms with Gasteiger partial charge in [0.1, 0.15) is 0 Å². The lowest BCUT2D eigenvalue weighted by molar-refractivity contribution is 0.299. The van der Waals surface area contributed by atoms with Crippen LogP contribution in [-0.4, -0.2) is 11.7 Å². The van der Waals surface area contributed by atoms with E-state index < -0.39 is 0 Å². The number of phenolic OH excluding ortho intramolecular Hbond substituents is 1.